The van der Waals surface area contributed by atoms with Gasteiger partial charge >= 0.3 is 5.97 Å². The van der Waals surface area contributed by atoms with Crippen LogP contribution in [0.15, 0.2) is 29.2 Å². The third-order valence-corrected chi connectivity index (χ3v) is 3.92. The van der Waals surface area contributed by atoms with E-state index in [9.17, 15) is 18.0 Å². The van der Waals surface area contributed by atoms with Crippen LogP contribution >= 0.6 is 0 Å². The fraction of sp³-hybridized carbons (Fsp3) is 0.385. The first-order chi connectivity index (χ1) is 10.2. The maximum Gasteiger partial charge on any atom is 0.320 e. The highest BCUT2D eigenvalue weighted by atomic mass is 32.2. The molecule has 0 spiro atoms. The van der Waals surface area contributed by atoms with Crippen molar-refractivity contribution in [1.82, 2.24) is 5.32 Å². The van der Waals surface area contributed by atoms with E-state index in [0.717, 1.165) is 0 Å². The van der Waals surface area contributed by atoms with Crippen molar-refractivity contribution in [3.63, 3.8) is 0 Å². The number of carboxylic acid groups (broad SMARTS) is 1. The number of sulfonamides is 1. The number of primary sulfonamides is 1. The highest BCUT2D eigenvalue weighted by Crippen LogP contribution is 2.08. The molecule has 0 bridgehead atoms. The number of benzene rings is 1. The predicted octanol–water partition coefficient (Wildman–Crippen LogP) is -0.354. The predicted molar refractivity (Wildman–Crippen MR) is 79.6 cm³/mol. The van der Waals surface area contributed by atoms with E-state index in [4.69, 9.17) is 16.0 Å². The Hall–Kier alpha value is -1.97. The van der Waals surface area contributed by atoms with Gasteiger partial charge in [-0.05, 0) is 43.5 Å². The Balaban J connectivity index is 2.38. The SMILES string of the molecule is N[C@@H](CCCCNC(=O)c1ccc(S(N)(=O)=O)cc1)C(=O)O. The van der Waals surface area contributed by atoms with Crippen molar-refractivity contribution >= 4 is 21.9 Å². The highest BCUT2D eigenvalue weighted by molar-refractivity contribution is 7.89. The van der Waals surface area contributed by atoms with E-state index in [1.807, 2.05) is 0 Å². The van der Waals surface area contributed by atoms with Crippen LogP contribution in [0.4, 0.5) is 0 Å². The van der Waals surface area contributed by atoms with Crippen LogP contribution in [0.3, 0.4) is 0 Å². The van der Waals surface area contributed by atoms with E-state index in [-0.39, 0.29) is 10.8 Å². The van der Waals surface area contributed by atoms with Crippen LogP contribution in [-0.4, -0.2) is 38.0 Å². The van der Waals surface area contributed by atoms with E-state index in [1.165, 1.54) is 24.3 Å². The minimum Gasteiger partial charge on any atom is -0.480 e. The number of nitrogens with two attached hydrogens (primary N) is 2. The summed E-state index contributed by atoms with van der Waals surface area (Å²) in [6, 6.07) is 4.37. The maximum atomic E-state index is 11.8. The second kappa shape index (κ2) is 7.87. The normalized spacial score (nSPS) is 12.6. The molecule has 0 aliphatic carbocycles. The largest absolute Gasteiger partial charge is 0.480 e. The zero-order valence-electron chi connectivity index (χ0n) is 11.9. The smallest absolute Gasteiger partial charge is 0.320 e. The van der Waals surface area contributed by atoms with Crippen LogP contribution in [0, 0.1) is 0 Å². The van der Waals surface area contributed by atoms with Crippen molar-refractivity contribution in [2.24, 2.45) is 10.9 Å². The summed E-state index contributed by atoms with van der Waals surface area (Å²) in [6.45, 7) is 0.377. The van der Waals surface area contributed by atoms with Crippen LogP contribution in [0.25, 0.3) is 0 Å². The van der Waals surface area contributed by atoms with Gasteiger partial charge in [-0.3, -0.25) is 9.59 Å². The number of amides is 1. The number of nitrogens with one attached hydrogen (secondary N) is 1. The molecule has 6 N–H and O–H groups in total. The Morgan fingerprint density at radius 2 is 1.77 bits per heavy atom. The number of carbonyl (C=O) groups is 2. The molecule has 0 saturated carbocycles. The average molecular weight is 329 g/mol. The maximum absolute atomic E-state index is 11.8. The van der Waals surface area contributed by atoms with Crippen molar-refractivity contribution in [2.75, 3.05) is 6.54 Å². The number of aliphatic carboxylic acids is 1. The molecule has 0 heterocycles. The number of unbranched alkanes of at least 4 members (excludes halogenated alkanes) is 1. The summed E-state index contributed by atoms with van der Waals surface area (Å²) in [6.07, 6.45) is 1.52. The number of hydrogen-bond acceptors (Lipinski definition) is 5. The molecule has 0 unspecified atom stereocenters. The molecule has 0 aliphatic heterocycles. The number of carbonyl (C=O) groups excluding carboxylic acids is 1. The second-order valence-electron chi connectivity index (χ2n) is 4.77. The van der Waals surface area contributed by atoms with Crippen molar-refractivity contribution < 1.29 is 23.1 Å². The summed E-state index contributed by atoms with van der Waals surface area (Å²) in [5.41, 5.74) is 5.67. The fourth-order valence-electron chi connectivity index (χ4n) is 1.71. The van der Waals surface area contributed by atoms with Gasteiger partial charge in [0.2, 0.25) is 10.0 Å². The van der Waals surface area contributed by atoms with Crippen LogP contribution in [0.5, 0.6) is 0 Å². The van der Waals surface area contributed by atoms with Crippen LogP contribution in [-0.2, 0) is 14.8 Å². The van der Waals surface area contributed by atoms with E-state index in [1.54, 1.807) is 0 Å². The van der Waals surface area contributed by atoms with Crippen molar-refractivity contribution in [2.45, 2.75) is 30.2 Å². The molecule has 1 rings (SSSR count). The van der Waals surface area contributed by atoms with Gasteiger partial charge in [-0.1, -0.05) is 0 Å². The number of carboxylic acids is 1. The van der Waals surface area contributed by atoms with E-state index in [2.05, 4.69) is 5.32 Å². The van der Waals surface area contributed by atoms with E-state index < -0.39 is 22.0 Å². The molecular formula is C13H19N3O5S. The Kier molecular flexibility index (Phi) is 6.47. The molecule has 8 nitrogen and oxygen atoms in total. The quantitative estimate of drug-likeness (QED) is 0.478. The Morgan fingerprint density at radius 3 is 2.27 bits per heavy atom. The first-order valence-corrected chi connectivity index (χ1v) is 8.16. The van der Waals surface area contributed by atoms with Crippen molar-refractivity contribution in [3.05, 3.63) is 29.8 Å². The van der Waals surface area contributed by atoms with Crippen LogP contribution < -0.4 is 16.2 Å². The molecule has 1 amide bonds. The van der Waals surface area contributed by atoms with Gasteiger partial charge in [-0.15, -0.1) is 0 Å². The average Bonchev–Trinajstić information content (AvgIpc) is 2.45. The summed E-state index contributed by atoms with van der Waals surface area (Å²) in [5.74, 6) is -1.39. The van der Waals surface area contributed by atoms with E-state index >= 15 is 0 Å². The van der Waals surface area contributed by atoms with Gasteiger partial charge < -0.3 is 16.2 Å². The third-order valence-electron chi connectivity index (χ3n) is 2.99. The second-order valence-corrected chi connectivity index (χ2v) is 6.33. The molecule has 9 heteroatoms. The minimum atomic E-state index is -3.78. The lowest BCUT2D eigenvalue weighted by atomic mass is 10.1. The molecule has 122 valence electrons. The zero-order chi connectivity index (χ0) is 16.8. The first kappa shape index (κ1) is 18.1. The summed E-state index contributed by atoms with van der Waals surface area (Å²) in [4.78, 5) is 22.2. The fourth-order valence-corrected chi connectivity index (χ4v) is 2.23. The molecular weight excluding hydrogens is 310 g/mol. The summed E-state index contributed by atoms with van der Waals surface area (Å²) < 4.78 is 22.2. The summed E-state index contributed by atoms with van der Waals surface area (Å²) in [7, 11) is -3.78. The standard InChI is InChI=1S/C13H19N3O5S/c14-11(13(18)19)3-1-2-8-16-12(17)9-4-6-10(7-5-9)22(15,20)21/h4-7,11H,1-3,8,14H2,(H,16,17)(H,18,19)(H2,15,20,21)/t11-/m0/s1. The Bertz CT molecular complexity index is 628. The first-order valence-electron chi connectivity index (χ1n) is 6.61. The molecule has 0 radical (unpaired) electrons. The number of hydrogen-bond donors (Lipinski definition) is 4. The summed E-state index contributed by atoms with van der Waals surface area (Å²) in [5, 5.41) is 16.2. The molecule has 0 fully saturated rings. The lowest BCUT2D eigenvalue weighted by Gasteiger charge is -2.07. The van der Waals surface area contributed by atoms with E-state index in [0.29, 0.717) is 31.4 Å². The van der Waals surface area contributed by atoms with Crippen molar-refractivity contribution in [3.8, 4) is 0 Å². The molecule has 1 atom stereocenters. The van der Waals surface area contributed by atoms with Gasteiger partial charge in [0.25, 0.3) is 5.91 Å². The van der Waals surface area contributed by atoms with Gasteiger partial charge in [-0.25, -0.2) is 13.6 Å². The molecule has 0 saturated heterocycles. The third kappa shape index (κ3) is 5.80. The van der Waals surface area contributed by atoms with Gasteiger partial charge in [0.1, 0.15) is 6.04 Å². The van der Waals surface area contributed by atoms with Gasteiger partial charge in [0.15, 0.2) is 0 Å². The van der Waals surface area contributed by atoms with Crippen LogP contribution in [0.1, 0.15) is 29.6 Å². The molecule has 0 aromatic heterocycles. The van der Waals surface area contributed by atoms with Gasteiger partial charge in [-0.2, -0.15) is 0 Å². The highest BCUT2D eigenvalue weighted by Gasteiger charge is 2.11. The van der Waals surface area contributed by atoms with Gasteiger partial charge in [0.05, 0.1) is 4.90 Å². The number of rotatable bonds is 8. The Labute approximate surface area is 128 Å². The molecule has 1 aromatic carbocycles. The monoisotopic (exact) mass is 329 g/mol. The lowest BCUT2D eigenvalue weighted by molar-refractivity contribution is -0.138. The zero-order valence-corrected chi connectivity index (χ0v) is 12.7. The van der Waals surface area contributed by atoms with Crippen molar-refractivity contribution in [1.29, 1.82) is 0 Å². The Morgan fingerprint density at radius 1 is 1.18 bits per heavy atom. The minimum absolute atomic E-state index is 0.0632. The van der Waals surface area contributed by atoms with Gasteiger partial charge in [0, 0.05) is 12.1 Å². The summed E-state index contributed by atoms with van der Waals surface area (Å²) >= 11 is 0. The molecule has 0 aliphatic rings. The molecule has 22 heavy (non-hydrogen) atoms. The van der Waals surface area contributed by atoms with Crippen LogP contribution in [0.2, 0.25) is 0 Å². The molecule has 1 aromatic rings. The topological polar surface area (TPSA) is 153 Å². The lowest BCUT2D eigenvalue weighted by Crippen LogP contribution is -2.30.